The summed E-state index contributed by atoms with van der Waals surface area (Å²) >= 11 is 0. The highest BCUT2D eigenvalue weighted by atomic mass is 16.5. The van der Waals surface area contributed by atoms with E-state index in [1.807, 2.05) is 62.7 Å². The Labute approximate surface area is 235 Å². The van der Waals surface area contributed by atoms with Crippen molar-refractivity contribution >= 4 is 34.1 Å². The van der Waals surface area contributed by atoms with Crippen LogP contribution in [-0.4, -0.2) is 72.7 Å². The van der Waals surface area contributed by atoms with Crippen molar-refractivity contribution in [2.24, 2.45) is 0 Å². The Morgan fingerprint density at radius 2 is 1.82 bits per heavy atom. The highest BCUT2D eigenvalue weighted by Crippen LogP contribution is 2.42. The molecule has 212 valence electrons. The molecule has 9 heteroatoms. The molecule has 0 N–H and O–H groups in total. The number of anilines is 2. The van der Waals surface area contributed by atoms with Gasteiger partial charge in [0, 0.05) is 51.7 Å². The molecule has 2 aromatic carbocycles. The first kappa shape index (κ1) is 27.8. The second-order valence-electron chi connectivity index (χ2n) is 11.7. The lowest BCUT2D eigenvalue weighted by Crippen LogP contribution is -2.52. The van der Waals surface area contributed by atoms with Crippen LogP contribution in [0, 0.1) is 13.8 Å². The van der Waals surface area contributed by atoms with Crippen LogP contribution < -0.4 is 15.4 Å². The fourth-order valence-electron chi connectivity index (χ4n) is 5.95. The average Bonchev–Trinajstić information content (AvgIpc) is 3.08. The number of hydrogen-bond donors (Lipinski definition) is 0. The first-order valence-electron chi connectivity index (χ1n) is 13.9. The second-order valence-corrected chi connectivity index (χ2v) is 11.7. The molecule has 2 aliphatic heterocycles. The lowest BCUT2D eigenvalue weighted by molar-refractivity contribution is -0.132. The molecule has 1 aromatic heterocycles. The number of amides is 2. The average molecular weight is 546 g/mol. The summed E-state index contributed by atoms with van der Waals surface area (Å²) in [5.41, 5.74) is 5.13. The topological polar surface area (TPSA) is 88.0 Å². The third-order valence-corrected chi connectivity index (χ3v) is 8.63. The van der Waals surface area contributed by atoms with Crippen molar-refractivity contribution in [3.8, 4) is 0 Å². The van der Waals surface area contributed by atoms with Crippen LogP contribution in [0.25, 0.3) is 10.9 Å². The molecule has 2 amide bonds. The Morgan fingerprint density at radius 3 is 2.52 bits per heavy atom. The number of ether oxygens (including phenoxy) is 1. The van der Waals surface area contributed by atoms with Crippen LogP contribution in [0.2, 0.25) is 0 Å². The molecule has 40 heavy (non-hydrogen) atoms. The van der Waals surface area contributed by atoms with Crippen molar-refractivity contribution < 1.29 is 14.3 Å². The van der Waals surface area contributed by atoms with Gasteiger partial charge >= 0.3 is 0 Å². The summed E-state index contributed by atoms with van der Waals surface area (Å²) in [5, 5.41) is 0.561. The van der Waals surface area contributed by atoms with E-state index < -0.39 is 5.41 Å². The smallest absolute Gasteiger partial charge is 0.261 e. The van der Waals surface area contributed by atoms with E-state index >= 15 is 0 Å². The van der Waals surface area contributed by atoms with Crippen LogP contribution in [-0.2, 0) is 32.7 Å². The van der Waals surface area contributed by atoms with E-state index in [0.29, 0.717) is 49.3 Å². The zero-order chi connectivity index (χ0) is 28.9. The maximum atomic E-state index is 13.5. The Balaban J connectivity index is 1.35. The Morgan fingerprint density at radius 1 is 1.07 bits per heavy atom. The number of aryl methyl sites for hydroxylation is 3. The van der Waals surface area contributed by atoms with Gasteiger partial charge in [0.2, 0.25) is 11.8 Å². The number of benzene rings is 2. The fourth-order valence-corrected chi connectivity index (χ4v) is 5.95. The minimum absolute atomic E-state index is 0.00480. The van der Waals surface area contributed by atoms with Crippen LogP contribution in [0.5, 0.6) is 0 Å². The number of fused-ring (bicyclic) bond motifs is 2. The molecule has 1 saturated heterocycles. The first-order chi connectivity index (χ1) is 18.9. The summed E-state index contributed by atoms with van der Waals surface area (Å²) in [7, 11) is 3.48. The lowest BCUT2D eigenvalue weighted by atomic mass is 9.84. The second kappa shape index (κ2) is 10.4. The molecule has 3 aromatic rings. The molecule has 9 nitrogen and oxygen atoms in total. The van der Waals surface area contributed by atoms with E-state index in [1.165, 1.54) is 0 Å². The third kappa shape index (κ3) is 4.76. The number of aromatic nitrogens is 2. The number of rotatable bonds is 7. The van der Waals surface area contributed by atoms with E-state index in [-0.39, 0.29) is 30.0 Å². The van der Waals surface area contributed by atoms with Crippen LogP contribution in [0.15, 0.2) is 35.1 Å². The maximum Gasteiger partial charge on any atom is 0.261 e. The van der Waals surface area contributed by atoms with Crippen molar-refractivity contribution in [2.75, 3.05) is 50.1 Å². The summed E-state index contributed by atoms with van der Waals surface area (Å²) in [6.45, 7) is 12.5. The van der Waals surface area contributed by atoms with Gasteiger partial charge in [-0.15, -0.1) is 0 Å². The Bertz CT molecular complexity index is 1560. The van der Waals surface area contributed by atoms with Gasteiger partial charge in [-0.25, -0.2) is 4.98 Å². The predicted molar refractivity (Wildman–Crippen MR) is 157 cm³/mol. The van der Waals surface area contributed by atoms with Crippen LogP contribution >= 0.6 is 0 Å². The molecule has 5 rings (SSSR count). The number of piperazine rings is 1. The fraction of sp³-hybridized carbons (Fsp3) is 0.484. The molecule has 3 heterocycles. The van der Waals surface area contributed by atoms with Crippen LogP contribution in [0.1, 0.15) is 43.3 Å². The number of likely N-dealkylation sites (N-methyl/N-ethyl adjacent to an activating group) is 1. The zero-order valence-electron chi connectivity index (χ0n) is 24.6. The molecule has 2 aliphatic rings. The van der Waals surface area contributed by atoms with Crippen molar-refractivity contribution in [1.29, 1.82) is 0 Å². The number of carbonyl (C=O) groups excluding carboxylic acids is 2. The Hall–Kier alpha value is -3.72. The molecule has 0 radical (unpaired) electrons. The molecule has 0 spiro atoms. The van der Waals surface area contributed by atoms with Crippen molar-refractivity contribution in [3.05, 3.63) is 63.2 Å². The monoisotopic (exact) mass is 545 g/mol. The summed E-state index contributed by atoms with van der Waals surface area (Å²) in [4.78, 5) is 49.4. The van der Waals surface area contributed by atoms with Gasteiger partial charge in [-0.05, 0) is 82.0 Å². The molecule has 0 unspecified atom stereocenters. The largest absolute Gasteiger partial charge is 0.380 e. The highest BCUT2D eigenvalue weighted by Gasteiger charge is 2.42. The van der Waals surface area contributed by atoms with Gasteiger partial charge in [0.1, 0.15) is 5.82 Å². The Kier molecular flexibility index (Phi) is 7.20. The van der Waals surface area contributed by atoms with Gasteiger partial charge in [-0.3, -0.25) is 19.0 Å². The summed E-state index contributed by atoms with van der Waals surface area (Å²) in [5.74, 6) is 0.809. The van der Waals surface area contributed by atoms with Gasteiger partial charge in [0.25, 0.3) is 5.56 Å². The minimum Gasteiger partial charge on any atom is -0.380 e. The van der Waals surface area contributed by atoms with Crippen molar-refractivity contribution in [1.82, 2.24) is 14.5 Å². The first-order valence-corrected chi connectivity index (χ1v) is 13.9. The highest BCUT2D eigenvalue weighted by molar-refractivity contribution is 6.07. The van der Waals surface area contributed by atoms with E-state index in [2.05, 4.69) is 19.1 Å². The van der Waals surface area contributed by atoms with Gasteiger partial charge in [-0.2, -0.15) is 0 Å². The SMILES string of the molecule is CO[C@H](C)CN1CCN(c2ccc3c(=O)n(CCc4cc5c(cc4C)C(C)(C)C(=O)N5C)c(C)nc3c2)CC1=O. The molecule has 1 atom stereocenters. The summed E-state index contributed by atoms with van der Waals surface area (Å²) < 4.78 is 7.04. The zero-order valence-corrected chi connectivity index (χ0v) is 24.6. The van der Waals surface area contributed by atoms with Gasteiger partial charge in [0.05, 0.1) is 29.0 Å². The lowest BCUT2D eigenvalue weighted by Gasteiger charge is -2.36. The van der Waals surface area contributed by atoms with Crippen molar-refractivity contribution in [3.63, 3.8) is 0 Å². The minimum atomic E-state index is -0.536. The molecular weight excluding hydrogens is 506 g/mol. The number of methoxy groups -OCH3 is 1. The number of hydrogen-bond acceptors (Lipinski definition) is 6. The maximum absolute atomic E-state index is 13.5. The van der Waals surface area contributed by atoms with E-state index in [4.69, 9.17) is 9.72 Å². The molecular formula is C31H39N5O4. The quantitative estimate of drug-likeness (QED) is 0.453. The number of nitrogens with zero attached hydrogens (tertiary/aromatic N) is 5. The third-order valence-electron chi connectivity index (χ3n) is 8.63. The van der Waals surface area contributed by atoms with Gasteiger partial charge in [-0.1, -0.05) is 6.07 Å². The van der Waals surface area contributed by atoms with E-state index in [1.54, 1.807) is 16.6 Å². The summed E-state index contributed by atoms with van der Waals surface area (Å²) in [6, 6.07) is 9.85. The van der Waals surface area contributed by atoms with Gasteiger partial charge in [0.15, 0.2) is 0 Å². The van der Waals surface area contributed by atoms with Gasteiger partial charge < -0.3 is 19.4 Å². The molecule has 1 fully saturated rings. The standard InChI is InChI=1S/C31H39N5O4/c1-19-14-25-27(33(6)30(39)31(25,4)5)15-22(19)10-11-36-21(3)32-26-16-23(8-9-24(26)29(36)38)34-12-13-35(28(37)18-34)17-20(2)40-7/h8-9,14-16,20H,10-13,17-18H2,1-7H3/t20-/m1/s1. The molecule has 0 aliphatic carbocycles. The van der Waals surface area contributed by atoms with Crippen LogP contribution in [0.4, 0.5) is 11.4 Å². The predicted octanol–water partition coefficient (Wildman–Crippen LogP) is 3.19. The van der Waals surface area contributed by atoms with Crippen molar-refractivity contribution in [2.45, 2.75) is 59.1 Å². The van der Waals surface area contributed by atoms with E-state index in [9.17, 15) is 14.4 Å². The number of carbonyl (C=O) groups is 2. The van der Waals surface area contributed by atoms with E-state index in [0.717, 1.165) is 28.1 Å². The molecule has 0 saturated carbocycles. The normalized spacial score (nSPS) is 17.6. The summed E-state index contributed by atoms with van der Waals surface area (Å²) in [6.07, 6.45) is 0.650. The molecule has 0 bridgehead atoms. The van der Waals surface area contributed by atoms with Crippen LogP contribution in [0.3, 0.4) is 0 Å².